The maximum absolute atomic E-state index is 7.57. The molecule has 0 spiro atoms. The highest BCUT2D eigenvalue weighted by Gasteiger charge is 1.85. The zero-order valence-electron chi connectivity index (χ0n) is 7.27. The summed E-state index contributed by atoms with van der Waals surface area (Å²) in [5.74, 6) is 0.907. The number of hydrogen-bond donors (Lipinski definition) is 2. The van der Waals surface area contributed by atoms with E-state index in [-0.39, 0.29) is 6.61 Å². The molecule has 0 aliphatic rings. The van der Waals surface area contributed by atoms with Gasteiger partial charge in [-0.1, -0.05) is 0 Å². The number of thiol groups is 1. The molecule has 0 saturated heterocycles. The van der Waals surface area contributed by atoms with E-state index in [9.17, 15) is 0 Å². The van der Waals surface area contributed by atoms with E-state index in [0.29, 0.717) is 0 Å². The number of rotatable bonds is 2. The van der Waals surface area contributed by atoms with Gasteiger partial charge in [0.05, 0.1) is 0 Å². The van der Waals surface area contributed by atoms with Crippen LogP contribution in [0.3, 0.4) is 0 Å². The normalized spacial score (nSPS) is 8.58. The van der Waals surface area contributed by atoms with Crippen LogP contribution in [0.15, 0.2) is 24.5 Å². The molecule has 2 nitrogen and oxygen atoms in total. The summed E-state index contributed by atoms with van der Waals surface area (Å²) in [6.07, 6.45) is 4.64. The Labute approximate surface area is 79.1 Å². The van der Waals surface area contributed by atoms with Crippen molar-refractivity contribution < 1.29 is 5.11 Å². The van der Waals surface area contributed by atoms with Crippen LogP contribution in [0.5, 0.6) is 0 Å². The van der Waals surface area contributed by atoms with Crippen LogP contribution in [0, 0.1) is 0 Å². The molecule has 0 atom stereocenters. The molecule has 0 bridgehead atoms. The largest absolute Gasteiger partial charge is 0.397 e. The average molecular weight is 185 g/mol. The van der Waals surface area contributed by atoms with E-state index in [4.69, 9.17) is 5.11 Å². The van der Waals surface area contributed by atoms with Gasteiger partial charge in [-0.15, -0.1) is 0 Å². The Kier molecular flexibility index (Phi) is 8.17. The van der Waals surface area contributed by atoms with Gasteiger partial charge in [-0.25, -0.2) is 0 Å². The average Bonchev–Trinajstić information content (AvgIpc) is 2.08. The Morgan fingerprint density at radius 1 is 1.42 bits per heavy atom. The number of aliphatic hydroxyl groups excluding tert-OH is 1. The molecule has 0 unspecified atom stereocenters. The monoisotopic (exact) mass is 185 g/mol. The minimum absolute atomic E-state index is 0.250. The zero-order valence-corrected chi connectivity index (χ0v) is 8.17. The highest BCUT2D eigenvalue weighted by Crippen LogP contribution is 1.97. The second kappa shape index (κ2) is 8.56. The zero-order chi connectivity index (χ0) is 9.23. The number of aliphatic hydroxyl groups is 1. The Morgan fingerprint density at radius 3 is 2.33 bits per heavy atom. The van der Waals surface area contributed by atoms with E-state index in [1.54, 1.807) is 19.3 Å². The molecule has 0 fully saturated rings. The summed E-state index contributed by atoms with van der Waals surface area (Å²) in [6.45, 7) is 1.93. The maximum atomic E-state index is 7.57. The predicted octanol–water partition coefficient (Wildman–Crippen LogP) is 1.55. The van der Waals surface area contributed by atoms with Crippen molar-refractivity contribution in [3.63, 3.8) is 0 Å². The van der Waals surface area contributed by atoms with E-state index in [1.807, 2.05) is 12.1 Å². The fourth-order valence-corrected chi connectivity index (χ4v) is 0.937. The third-order valence-corrected chi connectivity index (χ3v) is 1.37. The highest BCUT2D eigenvalue weighted by molar-refractivity contribution is 7.80. The van der Waals surface area contributed by atoms with Crippen LogP contribution in [-0.2, 0) is 6.42 Å². The second-order valence-electron chi connectivity index (χ2n) is 2.15. The Balaban J connectivity index is 0.000000354. The van der Waals surface area contributed by atoms with Crippen molar-refractivity contribution in [1.29, 1.82) is 0 Å². The van der Waals surface area contributed by atoms with Crippen molar-refractivity contribution >= 4 is 12.6 Å². The van der Waals surface area contributed by atoms with Crippen LogP contribution in [-0.4, -0.2) is 22.5 Å². The van der Waals surface area contributed by atoms with Gasteiger partial charge in [-0.2, -0.15) is 12.6 Å². The van der Waals surface area contributed by atoms with Crippen LogP contribution < -0.4 is 0 Å². The van der Waals surface area contributed by atoms with Crippen molar-refractivity contribution in [3.05, 3.63) is 30.1 Å². The van der Waals surface area contributed by atoms with Gasteiger partial charge in [0.1, 0.15) is 0 Å². The van der Waals surface area contributed by atoms with Crippen LogP contribution in [0.25, 0.3) is 0 Å². The molecule has 1 aromatic heterocycles. The number of aryl methyl sites for hydroxylation is 1. The molecular weight excluding hydrogens is 170 g/mol. The predicted molar refractivity (Wildman–Crippen MR) is 54.6 cm³/mol. The van der Waals surface area contributed by atoms with Gasteiger partial charge in [0.25, 0.3) is 0 Å². The molecule has 68 valence electrons. The number of hydrogen-bond acceptors (Lipinski definition) is 3. The molecular formula is C9H15NOS. The maximum Gasteiger partial charge on any atom is 0.0402 e. The first kappa shape index (κ1) is 11.5. The van der Waals surface area contributed by atoms with Gasteiger partial charge >= 0.3 is 0 Å². The molecule has 1 N–H and O–H groups in total. The first-order valence-corrected chi connectivity index (χ1v) is 4.59. The van der Waals surface area contributed by atoms with E-state index in [2.05, 4.69) is 17.6 Å². The summed E-state index contributed by atoms with van der Waals surface area (Å²) in [7, 11) is 0. The van der Waals surface area contributed by atoms with Gasteiger partial charge in [0.2, 0.25) is 0 Å². The summed E-state index contributed by atoms with van der Waals surface area (Å²) < 4.78 is 0. The fourth-order valence-electron chi connectivity index (χ4n) is 0.679. The minimum atomic E-state index is 0.250. The van der Waals surface area contributed by atoms with Crippen LogP contribution in [0.2, 0.25) is 0 Å². The first-order chi connectivity index (χ1) is 5.85. The van der Waals surface area contributed by atoms with Gasteiger partial charge < -0.3 is 5.11 Å². The third kappa shape index (κ3) is 6.19. The van der Waals surface area contributed by atoms with Crippen molar-refractivity contribution in [2.45, 2.75) is 13.3 Å². The van der Waals surface area contributed by atoms with E-state index in [0.717, 1.165) is 12.2 Å². The molecule has 0 aliphatic carbocycles. The molecule has 12 heavy (non-hydrogen) atoms. The summed E-state index contributed by atoms with van der Waals surface area (Å²) in [5.41, 5.74) is 1.31. The van der Waals surface area contributed by atoms with E-state index < -0.39 is 0 Å². The minimum Gasteiger partial charge on any atom is -0.397 e. The Bertz CT molecular complexity index is 179. The number of nitrogens with zero attached hydrogens (tertiary/aromatic N) is 1. The second-order valence-corrected chi connectivity index (χ2v) is 2.59. The van der Waals surface area contributed by atoms with Crippen molar-refractivity contribution in [2.24, 2.45) is 0 Å². The summed E-state index contributed by atoms with van der Waals surface area (Å²) in [5, 5.41) is 7.57. The molecule has 0 saturated carbocycles. The molecule has 1 rings (SSSR count). The highest BCUT2D eigenvalue weighted by atomic mass is 32.1. The van der Waals surface area contributed by atoms with Crippen molar-refractivity contribution in [3.8, 4) is 0 Å². The number of pyridine rings is 1. The molecule has 0 radical (unpaired) electrons. The van der Waals surface area contributed by atoms with Crippen LogP contribution in [0.1, 0.15) is 12.5 Å². The van der Waals surface area contributed by atoms with Gasteiger partial charge in [-0.05, 0) is 36.8 Å². The summed E-state index contributed by atoms with van der Waals surface area (Å²) in [6, 6.07) is 4.02. The molecule has 3 heteroatoms. The van der Waals surface area contributed by atoms with Gasteiger partial charge in [-0.3, -0.25) is 4.98 Å². The smallest absolute Gasteiger partial charge is 0.0402 e. The molecule has 0 amide bonds. The standard InChI is InChI=1S/C7H9NS.C2H6O/c9-6-3-7-1-4-8-5-2-7;1-2-3/h1-2,4-5,9H,3,6H2;3H,2H2,1H3. The van der Waals surface area contributed by atoms with Crippen LogP contribution in [0.4, 0.5) is 0 Å². The molecule has 0 aliphatic heterocycles. The van der Waals surface area contributed by atoms with Crippen molar-refractivity contribution in [1.82, 2.24) is 4.98 Å². The van der Waals surface area contributed by atoms with E-state index >= 15 is 0 Å². The molecule has 0 aromatic carbocycles. The van der Waals surface area contributed by atoms with Gasteiger partial charge in [0, 0.05) is 19.0 Å². The third-order valence-electron chi connectivity index (χ3n) is 1.15. The topological polar surface area (TPSA) is 33.1 Å². The number of aromatic nitrogens is 1. The lowest BCUT2D eigenvalue weighted by Crippen LogP contribution is -1.84. The lowest BCUT2D eigenvalue weighted by molar-refractivity contribution is 0.318. The quantitative estimate of drug-likeness (QED) is 0.685. The van der Waals surface area contributed by atoms with E-state index in [1.165, 1.54) is 5.56 Å². The van der Waals surface area contributed by atoms with Gasteiger partial charge in [0.15, 0.2) is 0 Å². The molecule has 1 aromatic rings. The molecule has 1 heterocycles. The van der Waals surface area contributed by atoms with Crippen molar-refractivity contribution in [2.75, 3.05) is 12.4 Å². The summed E-state index contributed by atoms with van der Waals surface area (Å²) in [4.78, 5) is 3.90. The Hall–Kier alpha value is -0.540. The lowest BCUT2D eigenvalue weighted by Gasteiger charge is -1.92. The first-order valence-electron chi connectivity index (χ1n) is 3.95. The lowest BCUT2D eigenvalue weighted by atomic mass is 10.2. The fraction of sp³-hybridized carbons (Fsp3) is 0.444. The SMILES string of the molecule is CCO.SCCc1ccncc1. The van der Waals surface area contributed by atoms with Crippen LogP contribution >= 0.6 is 12.6 Å². The Morgan fingerprint density at radius 2 is 1.92 bits per heavy atom. The summed E-state index contributed by atoms with van der Waals surface area (Å²) >= 11 is 4.11.